The van der Waals surface area contributed by atoms with Crippen LogP contribution >= 0.6 is 0 Å². The average molecular weight is 393 g/mol. The molecule has 4 aliphatic rings. The Morgan fingerprint density at radius 1 is 1.07 bits per heavy atom. The summed E-state index contributed by atoms with van der Waals surface area (Å²) >= 11 is 0. The molecule has 0 unspecified atom stereocenters. The van der Waals surface area contributed by atoms with Crippen molar-refractivity contribution in [3.63, 3.8) is 0 Å². The van der Waals surface area contributed by atoms with Gasteiger partial charge in [-0.25, -0.2) is 4.68 Å². The van der Waals surface area contributed by atoms with E-state index >= 15 is 0 Å². The van der Waals surface area contributed by atoms with Gasteiger partial charge in [0.15, 0.2) is 0 Å². The van der Waals surface area contributed by atoms with Crippen LogP contribution in [-0.2, 0) is 9.59 Å². The first kappa shape index (κ1) is 18.4. The van der Waals surface area contributed by atoms with Crippen molar-refractivity contribution in [2.75, 3.05) is 5.32 Å². The van der Waals surface area contributed by atoms with E-state index in [-0.39, 0.29) is 22.8 Å². The van der Waals surface area contributed by atoms with Gasteiger partial charge in [-0.05, 0) is 87.6 Å². The molecule has 2 aromatic rings. The molecule has 152 valence electrons. The molecule has 4 fully saturated rings. The van der Waals surface area contributed by atoms with Gasteiger partial charge in [0.05, 0.1) is 16.8 Å². The number of aromatic nitrogens is 2. The number of rotatable bonds is 4. The second-order valence-electron chi connectivity index (χ2n) is 9.61. The summed E-state index contributed by atoms with van der Waals surface area (Å²) in [4.78, 5) is 25.2. The second kappa shape index (κ2) is 6.44. The van der Waals surface area contributed by atoms with Crippen molar-refractivity contribution < 1.29 is 9.59 Å². The van der Waals surface area contributed by atoms with Crippen LogP contribution in [0, 0.1) is 24.2 Å². The van der Waals surface area contributed by atoms with E-state index in [0.717, 1.165) is 49.2 Å². The molecule has 4 aliphatic carbocycles. The standard InChI is InChI=1S/C23H28N4O2/c1-15-7-8-27(26-15)20-5-3-19(4-6-20)24-21(29)22-10-17-9-18(11-22)13-23(12-17,14-22)25-16(2)28/h3-8,17-18H,9-14H2,1-2H3,(H,24,29)(H,25,28)/t17-,18-,22?,23?/m1/s1. The Labute approximate surface area is 171 Å². The normalized spacial score (nSPS) is 32.2. The Balaban J connectivity index is 1.34. The maximum atomic E-state index is 13.4. The molecular weight excluding hydrogens is 364 g/mol. The summed E-state index contributed by atoms with van der Waals surface area (Å²) in [7, 11) is 0. The smallest absolute Gasteiger partial charge is 0.230 e. The van der Waals surface area contributed by atoms with Crippen LogP contribution in [0.3, 0.4) is 0 Å². The molecule has 1 aromatic heterocycles. The maximum absolute atomic E-state index is 13.4. The van der Waals surface area contributed by atoms with E-state index in [2.05, 4.69) is 15.7 Å². The predicted octanol–water partition coefficient (Wildman–Crippen LogP) is 3.59. The molecule has 1 heterocycles. The summed E-state index contributed by atoms with van der Waals surface area (Å²) in [6, 6.07) is 9.79. The highest BCUT2D eigenvalue weighted by molar-refractivity contribution is 5.96. The molecule has 0 spiro atoms. The van der Waals surface area contributed by atoms with Gasteiger partial charge in [0.25, 0.3) is 0 Å². The lowest BCUT2D eigenvalue weighted by atomic mass is 9.46. The largest absolute Gasteiger partial charge is 0.351 e. The highest BCUT2D eigenvalue weighted by Crippen LogP contribution is 2.61. The minimum Gasteiger partial charge on any atom is -0.351 e. The number of carbonyl (C=O) groups excluding carboxylic acids is 2. The third-order valence-electron chi connectivity index (χ3n) is 7.10. The third-order valence-corrected chi connectivity index (χ3v) is 7.10. The van der Waals surface area contributed by atoms with Crippen LogP contribution in [0.15, 0.2) is 36.5 Å². The van der Waals surface area contributed by atoms with Crippen LogP contribution in [0.5, 0.6) is 0 Å². The zero-order chi connectivity index (χ0) is 20.2. The van der Waals surface area contributed by atoms with E-state index in [4.69, 9.17) is 0 Å². The van der Waals surface area contributed by atoms with Crippen molar-refractivity contribution in [3.8, 4) is 5.69 Å². The van der Waals surface area contributed by atoms with Gasteiger partial charge in [0.2, 0.25) is 11.8 Å². The van der Waals surface area contributed by atoms with Crippen molar-refractivity contribution in [1.29, 1.82) is 0 Å². The van der Waals surface area contributed by atoms with Crippen molar-refractivity contribution in [3.05, 3.63) is 42.2 Å². The van der Waals surface area contributed by atoms with Gasteiger partial charge in [-0.2, -0.15) is 5.10 Å². The fourth-order valence-electron chi connectivity index (χ4n) is 6.57. The maximum Gasteiger partial charge on any atom is 0.230 e. The first-order valence-corrected chi connectivity index (χ1v) is 10.6. The molecule has 6 rings (SSSR count). The number of nitrogens with one attached hydrogen (secondary N) is 2. The van der Waals surface area contributed by atoms with Crippen molar-refractivity contribution in [2.45, 2.75) is 57.9 Å². The van der Waals surface area contributed by atoms with E-state index in [1.54, 1.807) is 6.92 Å². The Bertz CT molecular complexity index is 948. The molecular formula is C23H28N4O2. The SMILES string of the molecule is CC(=O)NC12C[C@@H]3C[C@@H](C1)CC(C(=O)Nc1ccc(-n4ccc(C)n4)cc1)(C3)C2. The summed E-state index contributed by atoms with van der Waals surface area (Å²) in [6.45, 7) is 3.55. The summed E-state index contributed by atoms with van der Waals surface area (Å²) in [6.07, 6.45) is 7.84. The molecule has 2 atom stereocenters. The van der Waals surface area contributed by atoms with E-state index in [1.165, 1.54) is 6.42 Å². The quantitative estimate of drug-likeness (QED) is 0.835. The highest BCUT2D eigenvalue weighted by atomic mass is 16.2. The van der Waals surface area contributed by atoms with Gasteiger partial charge in [0, 0.05) is 24.3 Å². The Hall–Kier alpha value is -2.63. The first-order valence-electron chi connectivity index (χ1n) is 10.6. The van der Waals surface area contributed by atoms with Crippen molar-refractivity contribution in [2.24, 2.45) is 17.3 Å². The van der Waals surface area contributed by atoms with Crippen LogP contribution in [-0.4, -0.2) is 27.1 Å². The molecule has 29 heavy (non-hydrogen) atoms. The van der Waals surface area contributed by atoms with Crippen molar-refractivity contribution >= 4 is 17.5 Å². The molecule has 1 aromatic carbocycles. The Morgan fingerprint density at radius 2 is 1.76 bits per heavy atom. The number of hydrogen-bond donors (Lipinski definition) is 2. The molecule has 4 bridgehead atoms. The molecule has 6 nitrogen and oxygen atoms in total. The Morgan fingerprint density at radius 3 is 2.34 bits per heavy atom. The molecule has 0 saturated heterocycles. The molecule has 2 N–H and O–H groups in total. The third kappa shape index (κ3) is 3.24. The van der Waals surface area contributed by atoms with Gasteiger partial charge in [-0.3, -0.25) is 9.59 Å². The Kier molecular flexibility index (Phi) is 4.09. The number of nitrogens with zero attached hydrogens (tertiary/aromatic N) is 2. The van der Waals surface area contributed by atoms with Crippen molar-refractivity contribution in [1.82, 2.24) is 15.1 Å². The van der Waals surface area contributed by atoms with E-state index < -0.39 is 0 Å². The first-order chi connectivity index (χ1) is 13.8. The van der Waals surface area contributed by atoms with Gasteiger partial charge >= 0.3 is 0 Å². The van der Waals surface area contributed by atoms with Crippen LogP contribution in [0.1, 0.15) is 51.1 Å². The topological polar surface area (TPSA) is 76.0 Å². The summed E-state index contributed by atoms with van der Waals surface area (Å²) in [5.74, 6) is 1.22. The number of amides is 2. The minimum absolute atomic E-state index is 0.0203. The van der Waals surface area contributed by atoms with Gasteiger partial charge in [-0.15, -0.1) is 0 Å². The number of benzene rings is 1. The number of hydrogen-bond acceptors (Lipinski definition) is 3. The lowest BCUT2D eigenvalue weighted by molar-refractivity contribution is -0.148. The van der Waals surface area contributed by atoms with E-state index in [1.807, 2.05) is 48.1 Å². The molecule has 0 aliphatic heterocycles. The highest BCUT2D eigenvalue weighted by Gasteiger charge is 2.60. The van der Waals surface area contributed by atoms with Gasteiger partial charge in [0.1, 0.15) is 0 Å². The van der Waals surface area contributed by atoms with Crippen LogP contribution in [0.2, 0.25) is 0 Å². The zero-order valence-electron chi connectivity index (χ0n) is 17.1. The van der Waals surface area contributed by atoms with Crippen LogP contribution in [0.4, 0.5) is 5.69 Å². The van der Waals surface area contributed by atoms with E-state index in [9.17, 15) is 9.59 Å². The van der Waals surface area contributed by atoms with Gasteiger partial charge < -0.3 is 10.6 Å². The fourth-order valence-corrected chi connectivity index (χ4v) is 6.57. The van der Waals surface area contributed by atoms with Gasteiger partial charge in [-0.1, -0.05) is 0 Å². The minimum atomic E-state index is -0.357. The van der Waals surface area contributed by atoms with Crippen LogP contribution < -0.4 is 10.6 Å². The molecule has 6 heteroatoms. The fraction of sp³-hybridized carbons (Fsp3) is 0.522. The van der Waals surface area contributed by atoms with Crippen LogP contribution in [0.25, 0.3) is 5.69 Å². The number of carbonyl (C=O) groups is 2. The number of aryl methyl sites for hydroxylation is 1. The molecule has 2 amide bonds. The van der Waals surface area contributed by atoms with E-state index in [0.29, 0.717) is 11.8 Å². The predicted molar refractivity (Wildman–Crippen MR) is 111 cm³/mol. The molecule has 4 saturated carbocycles. The monoisotopic (exact) mass is 392 g/mol. The zero-order valence-corrected chi connectivity index (χ0v) is 17.1. The lowest BCUT2D eigenvalue weighted by Gasteiger charge is -2.61. The number of anilines is 1. The second-order valence-corrected chi connectivity index (χ2v) is 9.61. The average Bonchev–Trinajstić information content (AvgIpc) is 3.06. The lowest BCUT2D eigenvalue weighted by Crippen LogP contribution is -2.65. The molecule has 0 radical (unpaired) electrons. The summed E-state index contributed by atoms with van der Waals surface area (Å²) in [5.41, 5.74) is 2.21. The summed E-state index contributed by atoms with van der Waals surface area (Å²) < 4.78 is 1.83. The summed E-state index contributed by atoms with van der Waals surface area (Å²) in [5, 5.41) is 10.8.